The van der Waals surface area contributed by atoms with Gasteiger partial charge in [-0.2, -0.15) is 5.26 Å². The first kappa shape index (κ1) is 13.5. The fraction of sp³-hybridized carbons (Fsp3) is 0.500. The van der Waals surface area contributed by atoms with Crippen LogP contribution in [0.15, 0.2) is 24.3 Å². The fourth-order valence-corrected chi connectivity index (χ4v) is 1.78. The Morgan fingerprint density at radius 3 is 2.76 bits per heavy atom. The number of nitriles is 1. The Hall–Kier alpha value is -1.53. The maximum Gasteiger partial charge on any atom is 0.119 e. The molecule has 92 valence electrons. The highest BCUT2D eigenvalue weighted by atomic mass is 16.5. The van der Waals surface area contributed by atoms with E-state index in [2.05, 4.69) is 11.0 Å². The molecule has 0 saturated carbocycles. The molecule has 0 N–H and O–H groups in total. The van der Waals surface area contributed by atoms with Crippen molar-refractivity contribution in [3.05, 3.63) is 29.8 Å². The highest BCUT2D eigenvalue weighted by molar-refractivity contribution is 5.33. The van der Waals surface area contributed by atoms with E-state index in [4.69, 9.17) is 4.74 Å². The molecule has 0 spiro atoms. The van der Waals surface area contributed by atoms with Crippen LogP contribution in [0.25, 0.3) is 0 Å². The Morgan fingerprint density at radius 2 is 2.18 bits per heavy atom. The molecule has 3 heteroatoms. The summed E-state index contributed by atoms with van der Waals surface area (Å²) < 4.78 is 5.17. The van der Waals surface area contributed by atoms with E-state index in [-0.39, 0.29) is 5.92 Å². The van der Waals surface area contributed by atoms with Gasteiger partial charge in [-0.15, -0.1) is 0 Å². The van der Waals surface area contributed by atoms with Crippen molar-refractivity contribution in [1.29, 1.82) is 5.26 Å². The number of rotatable bonds is 6. The van der Waals surface area contributed by atoms with Crippen molar-refractivity contribution in [1.82, 2.24) is 4.90 Å². The predicted octanol–water partition coefficient (Wildman–Crippen LogP) is 2.64. The molecule has 3 nitrogen and oxygen atoms in total. The van der Waals surface area contributed by atoms with Gasteiger partial charge in [0.15, 0.2) is 0 Å². The van der Waals surface area contributed by atoms with Gasteiger partial charge in [0.25, 0.3) is 0 Å². The minimum atomic E-state index is -0.0370. The van der Waals surface area contributed by atoms with Crippen molar-refractivity contribution >= 4 is 0 Å². The molecule has 1 rings (SSSR count). The summed E-state index contributed by atoms with van der Waals surface area (Å²) >= 11 is 0. The molecule has 0 aliphatic carbocycles. The summed E-state index contributed by atoms with van der Waals surface area (Å²) in [6, 6.07) is 10.1. The lowest BCUT2D eigenvalue weighted by Gasteiger charge is -2.13. The second kappa shape index (κ2) is 6.93. The van der Waals surface area contributed by atoms with E-state index in [1.165, 1.54) is 0 Å². The smallest absolute Gasteiger partial charge is 0.119 e. The zero-order chi connectivity index (χ0) is 12.7. The van der Waals surface area contributed by atoms with Crippen molar-refractivity contribution in [3.8, 4) is 11.8 Å². The molecule has 0 saturated heterocycles. The standard InChI is InChI=1S/C14H20N2O/c1-16(2)9-5-7-13(11-15)12-6-4-8-14(10-12)17-3/h4,6,8,10,13H,5,7,9H2,1-3H3. The Balaban J connectivity index is 2.63. The van der Waals surface area contributed by atoms with Crippen LogP contribution in [0.3, 0.4) is 0 Å². The van der Waals surface area contributed by atoms with Crippen LogP contribution in [0.4, 0.5) is 0 Å². The van der Waals surface area contributed by atoms with E-state index in [1.54, 1.807) is 7.11 Å². The third kappa shape index (κ3) is 4.46. The molecule has 17 heavy (non-hydrogen) atoms. The molecular formula is C14H20N2O. The number of nitrogens with zero attached hydrogens (tertiary/aromatic N) is 2. The highest BCUT2D eigenvalue weighted by Gasteiger charge is 2.11. The lowest BCUT2D eigenvalue weighted by Crippen LogP contribution is -2.13. The average Bonchev–Trinajstić information content (AvgIpc) is 2.34. The third-order valence-electron chi connectivity index (χ3n) is 2.75. The average molecular weight is 232 g/mol. The van der Waals surface area contributed by atoms with Crippen LogP contribution >= 0.6 is 0 Å². The summed E-state index contributed by atoms with van der Waals surface area (Å²) in [7, 11) is 5.74. The van der Waals surface area contributed by atoms with Gasteiger partial charge in [0.1, 0.15) is 5.75 Å². The van der Waals surface area contributed by atoms with Gasteiger partial charge < -0.3 is 9.64 Å². The number of benzene rings is 1. The van der Waals surface area contributed by atoms with E-state index < -0.39 is 0 Å². The second-order valence-electron chi connectivity index (χ2n) is 4.40. The van der Waals surface area contributed by atoms with Gasteiger partial charge in [0.2, 0.25) is 0 Å². The first-order valence-electron chi connectivity index (χ1n) is 5.85. The van der Waals surface area contributed by atoms with Crippen molar-refractivity contribution in [3.63, 3.8) is 0 Å². The first-order chi connectivity index (χ1) is 8.17. The molecule has 0 aromatic heterocycles. The minimum absolute atomic E-state index is 0.0370. The largest absolute Gasteiger partial charge is 0.497 e. The third-order valence-corrected chi connectivity index (χ3v) is 2.75. The van der Waals surface area contributed by atoms with Gasteiger partial charge in [0, 0.05) is 0 Å². The van der Waals surface area contributed by atoms with Crippen molar-refractivity contribution in [2.24, 2.45) is 0 Å². The van der Waals surface area contributed by atoms with Crippen LogP contribution in [-0.4, -0.2) is 32.6 Å². The van der Waals surface area contributed by atoms with E-state index in [0.717, 1.165) is 30.7 Å². The molecule has 0 radical (unpaired) electrons. The molecule has 1 unspecified atom stereocenters. The van der Waals surface area contributed by atoms with Crippen molar-refractivity contribution < 1.29 is 4.74 Å². The van der Waals surface area contributed by atoms with Crippen LogP contribution in [0, 0.1) is 11.3 Å². The lowest BCUT2D eigenvalue weighted by molar-refractivity contribution is 0.390. The topological polar surface area (TPSA) is 36.3 Å². The normalized spacial score (nSPS) is 12.2. The van der Waals surface area contributed by atoms with Gasteiger partial charge in [0.05, 0.1) is 19.1 Å². The summed E-state index contributed by atoms with van der Waals surface area (Å²) in [5.41, 5.74) is 1.05. The maximum atomic E-state index is 9.20. The molecule has 1 atom stereocenters. The maximum absolute atomic E-state index is 9.20. The van der Waals surface area contributed by atoms with Crippen LogP contribution in [0.1, 0.15) is 24.3 Å². The Morgan fingerprint density at radius 1 is 1.41 bits per heavy atom. The summed E-state index contributed by atoms with van der Waals surface area (Å²) in [4.78, 5) is 2.14. The second-order valence-corrected chi connectivity index (χ2v) is 4.40. The van der Waals surface area contributed by atoms with Crippen LogP contribution in [0.5, 0.6) is 5.75 Å². The molecule has 0 amide bonds. The number of methoxy groups -OCH3 is 1. The predicted molar refractivity (Wildman–Crippen MR) is 69.1 cm³/mol. The fourth-order valence-electron chi connectivity index (χ4n) is 1.78. The Labute approximate surface area is 104 Å². The van der Waals surface area contributed by atoms with Crippen molar-refractivity contribution in [2.45, 2.75) is 18.8 Å². The Kier molecular flexibility index (Phi) is 5.51. The SMILES string of the molecule is COc1cccc(C(C#N)CCCN(C)C)c1. The van der Waals surface area contributed by atoms with Gasteiger partial charge in [-0.05, 0) is 51.2 Å². The summed E-state index contributed by atoms with van der Waals surface area (Å²) in [6.45, 7) is 1.02. The van der Waals surface area contributed by atoms with E-state index in [0.29, 0.717) is 0 Å². The quantitative estimate of drug-likeness (QED) is 0.756. The van der Waals surface area contributed by atoms with Gasteiger partial charge in [-0.3, -0.25) is 0 Å². The van der Waals surface area contributed by atoms with Gasteiger partial charge in [-0.1, -0.05) is 12.1 Å². The minimum Gasteiger partial charge on any atom is -0.497 e. The zero-order valence-corrected chi connectivity index (χ0v) is 10.8. The Bertz CT molecular complexity index is 382. The molecular weight excluding hydrogens is 212 g/mol. The molecule has 0 heterocycles. The summed E-state index contributed by atoms with van der Waals surface area (Å²) in [6.07, 6.45) is 1.92. The summed E-state index contributed by atoms with van der Waals surface area (Å²) in [5.74, 6) is 0.778. The van der Waals surface area contributed by atoms with E-state index in [1.807, 2.05) is 38.4 Å². The molecule has 1 aromatic rings. The molecule has 0 aliphatic rings. The number of hydrogen-bond acceptors (Lipinski definition) is 3. The van der Waals surface area contributed by atoms with Crippen LogP contribution in [-0.2, 0) is 0 Å². The summed E-state index contributed by atoms with van der Waals surface area (Å²) in [5, 5.41) is 9.20. The molecule has 0 aliphatic heterocycles. The lowest BCUT2D eigenvalue weighted by atomic mass is 9.95. The first-order valence-corrected chi connectivity index (χ1v) is 5.85. The molecule has 1 aromatic carbocycles. The van der Waals surface area contributed by atoms with Crippen LogP contribution < -0.4 is 4.74 Å². The van der Waals surface area contributed by atoms with E-state index in [9.17, 15) is 5.26 Å². The highest BCUT2D eigenvalue weighted by Crippen LogP contribution is 2.24. The van der Waals surface area contributed by atoms with E-state index >= 15 is 0 Å². The molecule has 0 bridgehead atoms. The zero-order valence-electron chi connectivity index (χ0n) is 10.8. The molecule has 0 fully saturated rings. The number of ether oxygens (including phenoxy) is 1. The van der Waals surface area contributed by atoms with Gasteiger partial charge in [-0.25, -0.2) is 0 Å². The van der Waals surface area contributed by atoms with Gasteiger partial charge >= 0.3 is 0 Å². The monoisotopic (exact) mass is 232 g/mol. The number of hydrogen-bond donors (Lipinski definition) is 0. The van der Waals surface area contributed by atoms with Crippen LogP contribution in [0.2, 0.25) is 0 Å². The van der Waals surface area contributed by atoms with Crippen molar-refractivity contribution in [2.75, 3.05) is 27.7 Å².